The van der Waals surface area contributed by atoms with Crippen LogP contribution in [0.5, 0.6) is 0 Å². The maximum atomic E-state index is 12.8. The second-order valence-corrected chi connectivity index (χ2v) is 11.9. The van der Waals surface area contributed by atoms with E-state index in [-0.39, 0.29) is 5.91 Å². The van der Waals surface area contributed by atoms with Gasteiger partial charge in [-0.15, -0.1) is 22.7 Å². The Balaban J connectivity index is 1.24. The number of amides is 1. The fourth-order valence-electron chi connectivity index (χ4n) is 4.95. The number of morpholine rings is 1. The van der Waals surface area contributed by atoms with Crippen molar-refractivity contribution >= 4 is 49.7 Å². The highest BCUT2D eigenvalue weighted by atomic mass is 32.1. The van der Waals surface area contributed by atoms with Crippen molar-refractivity contribution in [1.82, 2.24) is 25.6 Å². The van der Waals surface area contributed by atoms with Crippen LogP contribution in [-0.4, -0.2) is 80.5 Å². The number of thiophene rings is 1. The summed E-state index contributed by atoms with van der Waals surface area (Å²) in [6, 6.07) is 6.32. The average Bonchev–Trinajstić information content (AvgIpc) is 3.57. The Labute approximate surface area is 241 Å². The number of aromatic nitrogens is 3. The first-order chi connectivity index (χ1) is 19.7. The van der Waals surface area contributed by atoms with Crippen LogP contribution in [0.3, 0.4) is 0 Å². The minimum absolute atomic E-state index is 0.00152. The monoisotopic (exact) mass is 579 g/mol. The molecule has 0 saturated carbocycles. The molecular formula is C28H33N7O3S2. The first-order valence-corrected chi connectivity index (χ1v) is 15.2. The topological polar surface area (TPSA) is 114 Å². The summed E-state index contributed by atoms with van der Waals surface area (Å²) in [5.74, 6) is 0.739. The van der Waals surface area contributed by atoms with E-state index in [1.54, 1.807) is 29.8 Å². The first kappa shape index (κ1) is 27.2. The largest absolute Gasteiger partial charge is 0.383 e. The molecule has 5 heterocycles. The van der Waals surface area contributed by atoms with Gasteiger partial charge in [0.15, 0.2) is 0 Å². The molecule has 12 heteroatoms. The van der Waals surface area contributed by atoms with E-state index in [0.29, 0.717) is 32.8 Å². The predicted molar refractivity (Wildman–Crippen MR) is 160 cm³/mol. The van der Waals surface area contributed by atoms with Crippen molar-refractivity contribution < 1.29 is 14.3 Å². The molecule has 3 N–H and O–H groups in total. The normalized spacial score (nSPS) is 15.4. The van der Waals surface area contributed by atoms with E-state index in [0.717, 1.165) is 82.0 Å². The highest BCUT2D eigenvalue weighted by Crippen LogP contribution is 2.45. The molecule has 1 amide bonds. The van der Waals surface area contributed by atoms with Gasteiger partial charge < -0.3 is 30.3 Å². The van der Waals surface area contributed by atoms with E-state index in [1.807, 2.05) is 12.4 Å². The van der Waals surface area contributed by atoms with Gasteiger partial charge in [-0.05, 0) is 36.2 Å². The van der Waals surface area contributed by atoms with Crippen LogP contribution in [0.1, 0.15) is 16.9 Å². The van der Waals surface area contributed by atoms with Gasteiger partial charge in [0.05, 0.1) is 30.0 Å². The lowest BCUT2D eigenvalue weighted by atomic mass is 10.0. The van der Waals surface area contributed by atoms with Crippen LogP contribution in [0.15, 0.2) is 30.6 Å². The molecule has 0 bridgehead atoms. The Morgan fingerprint density at radius 3 is 2.83 bits per heavy atom. The van der Waals surface area contributed by atoms with Gasteiger partial charge in [0.2, 0.25) is 11.9 Å². The maximum absolute atomic E-state index is 12.8. The number of rotatable bonds is 10. The molecule has 0 atom stereocenters. The number of carbonyl (C=O) groups excluding carboxylic acids is 1. The number of thiazole rings is 1. The first-order valence-electron chi connectivity index (χ1n) is 13.6. The maximum Gasteiger partial charge on any atom is 0.226 e. The van der Waals surface area contributed by atoms with Crippen LogP contribution in [0.4, 0.5) is 10.9 Å². The van der Waals surface area contributed by atoms with Crippen molar-refractivity contribution in [3.8, 4) is 21.7 Å². The molecule has 2 aliphatic heterocycles. The summed E-state index contributed by atoms with van der Waals surface area (Å²) < 4.78 is 11.6. The molecule has 0 unspecified atom stereocenters. The number of nitrogens with zero attached hydrogens (tertiary/aromatic N) is 4. The lowest BCUT2D eigenvalue weighted by Gasteiger charge is -2.26. The number of carbonyl (C=O) groups is 1. The summed E-state index contributed by atoms with van der Waals surface area (Å²) in [6.45, 7) is 6.73. The number of hydrogen-bond acceptors (Lipinski definition) is 11. The third kappa shape index (κ3) is 6.02. The molecule has 4 aromatic rings. The fraction of sp³-hybridized carbons (Fsp3) is 0.429. The predicted octanol–water partition coefficient (Wildman–Crippen LogP) is 3.53. The molecular weight excluding hydrogens is 546 g/mol. The van der Waals surface area contributed by atoms with E-state index in [2.05, 4.69) is 49.0 Å². The molecule has 1 aromatic carbocycles. The molecule has 2 aliphatic rings. The smallest absolute Gasteiger partial charge is 0.226 e. The lowest BCUT2D eigenvalue weighted by Crippen LogP contribution is -2.37. The molecule has 40 heavy (non-hydrogen) atoms. The third-order valence-corrected chi connectivity index (χ3v) is 9.26. The molecule has 0 aliphatic carbocycles. The molecule has 1 saturated heterocycles. The van der Waals surface area contributed by atoms with Gasteiger partial charge in [-0.25, -0.2) is 15.0 Å². The van der Waals surface area contributed by atoms with Gasteiger partial charge in [-0.1, -0.05) is 6.07 Å². The van der Waals surface area contributed by atoms with E-state index in [9.17, 15) is 4.79 Å². The van der Waals surface area contributed by atoms with Crippen LogP contribution < -0.4 is 20.9 Å². The summed E-state index contributed by atoms with van der Waals surface area (Å²) in [4.78, 5) is 30.5. The van der Waals surface area contributed by atoms with Crippen LogP contribution in [0.25, 0.3) is 31.9 Å². The number of ether oxygens (including phenoxy) is 2. The second kappa shape index (κ2) is 12.7. The average molecular weight is 580 g/mol. The van der Waals surface area contributed by atoms with Crippen LogP contribution in [0, 0.1) is 0 Å². The second-order valence-electron chi connectivity index (χ2n) is 9.75. The lowest BCUT2D eigenvalue weighted by molar-refractivity contribution is -0.116. The molecule has 210 valence electrons. The minimum atomic E-state index is 0.00152. The van der Waals surface area contributed by atoms with Gasteiger partial charge in [0.25, 0.3) is 0 Å². The van der Waals surface area contributed by atoms with E-state index in [1.165, 1.54) is 10.4 Å². The van der Waals surface area contributed by atoms with E-state index >= 15 is 0 Å². The molecule has 0 spiro atoms. The van der Waals surface area contributed by atoms with E-state index < -0.39 is 0 Å². The number of benzene rings is 1. The molecule has 0 radical (unpaired) electrons. The Hall–Kier alpha value is -3.00. The summed E-state index contributed by atoms with van der Waals surface area (Å²) in [7, 11) is 1.67. The van der Waals surface area contributed by atoms with Crippen molar-refractivity contribution in [2.75, 3.05) is 69.9 Å². The van der Waals surface area contributed by atoms with Gasteiger partial charge in [-0.3, -0.25) is 4.79 Å². The zero-order valence-electron chi connectivity index (χ0n) is 22.5. The standard InChI is InChI=1S/C28H33N7O3S2/c1-37-11-8-29-7-5-24(36)34-27-25(20-4-6-30-17-23(20)40-27)26-33-21-14-18(2-3-22(21)39-26)19-15-31-28(32-16-19)35-9-12-38-13-10-35/h2-3,14-16,29-30H,4-13,17H2,1H3,(H,34,36). The van der Waals surface area contributed by atoms with Crippen molar-refractivity contribution in [3.05, 3.63) is 41.0 Å². The molecule has 3 aromatic heterocycles. The highest BCUT2D eigenvalue weighted by Gasteiger charge is 2.25. The Morgan fingerprint density at radius 2 is 2.00 bits per heavy atom. The number of methoxy groups -OCH3 is 1. The van der Waals surface area contributed by atoms with Gasteiger partial charge in [0, 0.05) is 74.7 Å². The zero-order valence-corrected chi connectivity index (χ0v) is 24.1. The summed E-state index contributed by atoms with van der Waals surface area (Å²) in [6.07, 6.45) is 5.09. The number of fused-ring (bicyclic) bond motifs is 2. The van der Waals surface area contributed by atoms with Gasteiger partial charge in [-0.2, -0.15) is 0 Å². The Kier molecular flexibility index (Phi) is 8.61. The number of nitrogens with one attached hydrogen (secondary N) is 3. The van der Waals surface area contributed by atoms with Crippen LogP contribution >= 0.6 is 22.7 Å². The van der Waals surface area contributed by atoms with Crippen molar-refractivity contribution in [3.63, 3.8) is 0 Å². The molecule has 1 fully saturated rings. The highest BCUT2D eigenvalue weighted by molar-refractivity contribution is 7.23. The Bertz CT molecular complexity index is 1460. The van der Waals surface area contributed by atoms with Crippen LogP contribution in [-0.2, 0) is 27.2 Å². The quantitative estimate of drug-likeness (QED) is 0.243. The molecule has 6 rings (SSSR count). The van der Waals surface area contributed by atoms with Crippen LogP contribution in [0.2, 0.25) is 0 Å². The minimum Gasteiger partial charge on any atom is -0.383 e. The van der Waals surface area contributed by atoms with E-state index in [4.69, 9.17) is 14.5 Å². The van der Waals surface area contributed by atoms with Crippen molar-refractivity contribution in [2.24, 2.45) is 0 Å². The van der Waals surface area contributed by atoms with Crippen molar-refractivity contribution in [2.45, 2.75) is 19.4 Å². The summed E-state index contributed by atoms with van der Waals surface area (Å²) in [5.41, 5.74) is 5.29. The van der Waals surface area contributed by atoms with Gasteiger partial charge >= 0.3 is 0 Å². The summed E-state index contributed by atoms with van der Waals surface area (Å²) in [5, 5.41) is 11.7. The number of hydrogen-bond donors (Lipinski definition) is 3. The fourth-order valence-corrected chi connectivity index (χ4v) is 7.27. The zero-order chi connectivity index (χ0) is 27.3. The molecule has 10 nitrogen and oxygen atoms in total. The SMILES string of the molecule is COCCNCCC(=O)Nc1sc2c(c1-c1nc3cc(-c4cnc(N5CCOCC5)nc4)ccc3s1)CCNC2. The third-order valence-electron chi connectivity index (χ3n) is 7.06. The van der Waals surface area contributed by atoms with Crippen molar-refractivity contribution in [1.29, 1.82) is 0 Å². The van der Waals surface area contributed by atoms with Gasteiger partial charge in [0.1, 0.15) is 10.0 Å². The number of anilines is 2. The Morgan fingerprint density at radius 1 is 1.15 bits per heavy atom. The summed E-state index contributed by atoms with van der Waals surface area (Å²) >= 11 is 3.33.